The van der Waals surface area contributed by atoms with E-state index in [9.17, 15) is 0 Å². The summed E-state index contributed by atoms with van der Waals surface area (Å²) in [7, 11) is 0. The highest BCUT2D eigenvalue weighted by Gasteiger charge is 2.46. The van der Waals surface area contributed by atoms with Gasteiger partial charge in [-0.25, -0.2) is 0 Å². The number of para-hydroxylation sites is 2. The molecule has 282 valence electrons. The van der Waals surface area contributed by atoms with Crippen LogP contribution >= 0.6 is 22.7 Å². The third-order valence-corrected chi connectivity index (χ3v) is 15.6. The highest BCUT2D eigenvalue weighted by Crippen LogP contribution is 2.54. The lowest BCUT2D eigenvalue weighted by atomic mass is 9.44. The molecule has 0 N–H and O–H groups in total. The highest BCUT2D eigenvalue weighted by molar-refractivity contribution is 7.27. The maximum Gasteiger partial charge on any atom is 0.334 e. The van der Waals surface area contributed by atoms with Gasteiger partial charge in [0.05, 0.1) is 16.2 Å². The number of nitrogens with zero attached hydrogens (tertiary/aromatic N) is 2. The van der Waals surface area contributed by atoms with Crippen molar-refractivity contribution in [1.29, 1.82) is 0 Å². The monoisotopic (exact) mass is 802 g/mol. The van der Waals surface area contributed by atoms with Gasteiger partial charge in [0.15, 0.2) is 5.58 Å². The Balaban J connectivity index is 1.23. The Hall–Kier alpha value is -6.60. The Morgan fingerprint density at radius 2 is 1.22 bits per heavy atom. The lowest BCUT2D eigenvalue weighted by Gasteiger charge is -2.41. The third-order valence-electron chi connectivity index (χ3n) is 13.3. The lowest BCUT2D eigenvalue weighted by Crippen LogP contribution is -2.57. The van der Waals surface area contributed by atoms with Gasteiger partial charge in [0.25, 0.3) is 0 Å². The third kappa shape index (κ3) is 4.20. The van der Waals surface area contributed by atoms with Gasteiger partial charge >= 0.3 is 6.85 Å². The first-order valence-corrected chi connectivity index (χ1v) is 22.4. The molecular formula is C54H35BN2OS2. The molecule has 2 aliphatic rings. The van der Waals surface area contributed by atoms with Crippen LogP contribution in [0.25, 0.3) is 95.6 Å². The normalized spacial score (nSPS) is 13.5. The van der Waals surface area contributed by atoms with Crippen molar-refractivity contribution >= 4 is 131 Å². The van der Waals surface area contributed by atoms with Crippen molar-refractivity contribution in [3.63, 3.8) is 0 Å². The fourth-order valence-corrected chi connectivity index (χ4v) is 13.1. The van der Waals surface area contributed by atoms with Crippen molar-refractivity contribution < 1.29 is 4.42 Å². The Labute approximate surface area is 354 Å². The van der Waals surface area contributed by atoms with Crippen LogP contribution in [0.5, 0.6) is 0 Å². The van der Waals surface area contributed by atoms with Gasteiger partial charge in [0.2, 0.25) is 0 Å². The summed E-state index contributed by atoms with van der Waals surface area (Å²) in [5.74, 6) is 0. The van der Waals surface area contributed by atoms with Crippen molar-refractivity contribution in [2.45, 2.75) is 26.2 Å². The van der Waals surface area contributed by atoms with Gasteiger partial charge < -0.3 is 13.8 Å². The van der Waals surface area contributed by atoms with Crippen LogP contribution in [-0.2, 0) is 5.41 Å². The number of rotatable bonds is 2. The quantitative estimate of drug-likeness (QED) is 0.162. The number of anilines is 3. The van der Waals surface area contributed by atoms with Crippen LogP contribution in [0.3, 0.4) is 0 Å². The smallest absolute Gasteiger partial charge is 0.334 e. The highest BCUT2D eigenvalue weighted by atomic mass is 32.1. The summed E-state index contributed by atoms with van der Waals surface area (Å²) in [5, 5.41) is 8.93. The average molecular weight is 803 g/mol. The molecule has 6 heterocycles. The minimum Gasteiger partial charge on any atom is -0.454 e. The number of hydrogen-bond acceptors (Lipinski definition) is 4. The first kappa shape index (κ1) is 33.3. The SMILES string of the molecule is CC(C)(C)c1ccc(N2c3ccc4sc5ccccc5c4c3B3c4c(cc5c(oc6ccccc65)c42)-c2cccc4c5c6ccccc6sc5n3c24)c(-c2ccccc2)c1. The molecule has 0 saturated carbocycles. The molecule has 0 fully saturated rings. The summed E-state index contributed by atoms with van der Waals surface area (Å²) in [6.07, 6.45) is 0. The van der Waals surface area contributed by atoms with E-state index < -0.39 is 0 Å². The van der Waals surface area contributed by atoms with E-state index in [4.69, 9.17) is 4.42 Å². The van der Waals surface area contributed by atoms with E-state index in [1.54, 1.807) is 0 Å². The zero-order chi connectivity index (χ0) is 39.6. The average Bonchev–Trinajstić information content (AvgIpc) is 4.04. The van der Waals surface area contributed by atoms with E-state index in [1.165, 1.54) is 95.8 Å². The maximum absolute atomic E-state index is 7.19. The van der Waals surface area contributed by atoms with E-state index in [1.807, 2.05) is 22.7 Å². The predicted octanol–water partition coefficient (Wildman–Crippen LogP) is 14.7. The summed E-state index contributed by atoms with van der Waals surface area (Å²) in [5.41, 5.74) is 15.5. The number of furan rings is 1. The molecule has 2 aliphatic heterocycles. The zero-order valence-electron chi connectivity index (χ0n) is 33.2. The maximum atomic E-state index is 7.19. The molecule has 14 rings (SSSR count). The number of hydrogen-bond donors (Lipinski definition) is 0. The molecule has 60 heavy (non-hydrogen) atoms. The number of thiophene rings is 2. The Kier molecular flexibility index (Phi) is 6.41. The predicted molar refractivity (Wildman–Crippen MR) is 260 cm³/mol. The van der Waals surface area contributed by atoms with E-state index >= 15 is 0 Å². The Morgan fingerprint density at radius 1 is 0.517 bits per heavy atom. The van der Waals surface area contributed by atoms with Gasteiger partial charge in [-0.05, 0) is 92.3 Å². The van der Waals surface area contributed by atoms with Gasteiger partial charge in [-0.3, -0.25) is 0 Å². The fraction of sp³-hybridized carbons (Fsp3) is 0.0741. The standard InChI is InChI=1S/C54H35BN2OS2/c1-54(2,3)31-24-25-40(37(28-31)30-14-5-4-6-15-30)56-41-26-27-45-47(35-18-9-11-22-43(35)59-45)49(41)55-48-38(29-39-32-16-7-10-21-42(32)58-52(39)51(48)56)33-19-13-20-36-46-34-17-8-12-23-44(34)60-53(46)57(55)50(33)36/h4-29H,1-3H3. The molecule has 0 amide bonds. The molecule has 3 nitrogen and oxygen atoms in total. The van der Waals surface area contributed by atoms with Crippen LogP contribution in [-0.4, -0.2) is 11.3 Å². The summed E-state index contributed by atoms with van der Waals surface area (Å²) in [6.45, 7) is 6.82. The molecule has 0 radical (unpaired) electrons. The van der Waals surface area contributed by atoms with Crippen LogP contribution < -0.4 is 15.8 Å². The van der Waals surface area contributed by atoms with Crippen molar-refractivity contribution in [1.82, 2.24) is 4.48 Å². The van der Waals surface area contributed by atoms with Crippen LogP contribution in [0, 0.1) is 0 Å². The van der Waals surface area contributed by atoms with Crippen LogP contribution in [0.1, 0.15) is 26.3 Å². The van der Waals surface area contributed by atoms with Gasteiger partial charge in [-0.15, -0.1) is 22.7 Å². The Bertz CT molecular complexity index is 3840. The topological polar surface area (TPSA) is 21.3 Å². The minimum absolute atomic E-state index is 0.0360. The van der Waals surface area contributed by atoms with E-state index in [2.05, 4.69) is 188 Å². The summed E-state index contributed by atoms with van der Waals surface area (Å²) in [4.78, 5) is 3.91. The van der Waals surface area contributed by atoms with Crippen LogP contribution in [0.15, 0.2) is 162 Å². The van der Waals surface area contributed by atoms with Crippen molar-refractivity contribution in [3.8, 4) is 22.3 Å². The fourth-order valence-electron chi connectivity index (χ4n) is 10.7. The number of benzene rings is 8. The largest absolute Gasteiger partial charge is 0.454 e. The van der Waals surface area contributed by atoms with Crippen molar-refractivity contribution in [2.24, 2.45) is 0 Å². The van der Waals surface area contributed by atoms with E-state index in [0.29, 0.717) is 0 Å². The first-order valence-electron chi connectivity index (χ1n) is 20.8. The number of fused-ring (bicyclic) bond motifs is 17. The minimum atomic E-state index is -0.113. The van der Waals surface area contributed by atoms with Crippen LogP contribution in [0.4, 0.5) is 17.1 Å². The molecule has 6 heteroatoms. The molecule has 0 aliphatic carbocycles. The molecule has 8 aromatic carbocycles. The summed E-state index contributed by atoms with van der Waals surface area (Å²) in [6, 6.07) is 58.9. The lowest BCUT2D eigenvalue weighted by molar-refractivity contribution is 0.590. The molecule has 0 saturated heterocycles. The molecule has 4 aromatic heterocycles. The molecule has 12 aromatic rings. The Morgan fingerprint density at radius 3 is 2.03 bits per heavy atom. The van der Waals surface area contributed by atoms with Crippen LogP contribution in [0.2, 0.25) is 0 Å². The van der Waals surface area contributed by atoms with Gasteiger partial charge in [0.1, 0.15) is 5.58 Å². The molecule has 0 atom stereocenters. The molecular weight excluding hydrogens is 768 g/mol. The second-order valence-corrected chi connectivity index (χ2v) is 19.7. The second kappa shape index (κ2) is 11.6. The van der Waals surface area contributed by atoms with Crippen molar-refractivity contribution in [3.05, 3.63) is 163 Å². The van der Waals surface area contributed by atoms with Crippen molar-refractivity contribution in [2.75, 3.05) is 4.90 Å². The molecule has 0 bridgehead atoms. The van der Waals surface area contributed by atoms with Gasteiger partial charge in [-0.1, -0.05) is 130 Å². The van der Waals surface area contributed by atoms with E-state index in [-0.39, 0.29) is 12.3 Å². The number of aromatic nitrogens is 1. The van der Waals surface area contributed by atoms with Gasteiger partial charge in [-0.2, -0.15) is 0 Å². The first-order chi connectivity index (χ1) is 29.4. The van der Waals surface area contributed by atoms with E-state index in [0.717, 1.165) is 33.3 Å². The summed E-state index contributed by atoms with van der Waals surface area (Å²) < 4.78 is 13.9. The van der Waals surface area contributed by atoms with Gasteiger partial charge in [0, 0.05) is 63.4 Å². The summed E-state index contributed by atoms with van der Waals surface area (Å²) >= 11 is 3.83. The molecule has 0 spiro atoms. The zero-order valence-corrected chi connectivity index (χ0v) is 34.8. The molecule has 0 unspecified atom stereocenters. The second-order valence-electron chi connectivity index (χ2n) is 17.6.